The summed E-state index contributed by atoms with van der Waals surface area (Å²) in [6.07, 6.45) is 6.15. The van der Waals surface area contributed by atoms with Gasteiger partial charge < -0.3 is 15.2 Å². The first-order valence-corrected chi connectivity index (χ1v) is 11.0. The molecule has 0 atom stereocenters. The number of nitrogens with one attached hydrogen (secondary N) is 1. The topological polar surface area (TPSA) is 75.6 Å². The van der Waals surface area contributed by atoms with Gasteiger partial charge in [-0.1, -0.05) is 44.0 Å². The van der Waals surface area contributed by atoms with E-state index >= 15 is 0 Å². The smallest absolute Gasteiger partial charge is 0.352 e. The summed E-state index contributed by atoms with van der Waals surface area (Å²) in [4.78, 5) is 24.0. The second kappa shape index (κ2) is 10.4. The molecular formula is C24H26BrNO4. The van der Waals surface area contributed by atoms with Crippen LogP contribution in [0, 0.1) is 11.8 Å². The predicted octanol–water partition coefficient (Wildman–Crippen LogP) is 6.00. The molecule has 1 fully saturated rings. The van der Waals surface area contributed by atoms with Gasteiger partial charge in [0.1, 0.15) is 17.2 Å². The number of carbonyl (C=O) groups is 2. The van der Waals surface area contributed by atoms with Gasteiger partial charge in [-0.05, 0) is 76.5 Å². The van der Waals surface area contributed by atoms with Gasteiger partial charge in [0.2, 0.25) is 5.91 Å². The summed E-state index contributed by atoms with van der Waals surface area (Å²) < 4.78 is 6.66. The van der Waals surface area contributed by atoms with Gasteiger partial charge in [-0.3, -0.25) is 4.79 Å². The van der Waals surface area contributed by atoms with Crippen molar-refractivity contribution in [3.05, 3.63) is 64.3 Å². The lowest BCUT2D eigenvalue weighted by atomic mass is 9.81. The SMILES string of the molecule is CC1CCC(CC(=O)N/C(=C\c2ccc(Oc3ccccc3Br)cc2)C(=O)O)CC1. The molecular weight excluding hydrogens is 446 g/mol. The molecule has 0 aliphatic heterocycles. The van der Waals surface area contributed by atoms with Gasteiger partial charge in [-0.2, -0.15) is 0 Å². The minimum Gasteiger partial charge on any atom is -0.477 e. The Morgan fingerprint density at radius 1 is 1.10 bits per heavy atom. The number of para-hydroxylation sites is 1. The van der Waals surface area contributed by atoms with Gasteiger partial charge in [-0.15, -0.1) is 0 Å². The number of benzene rings is 2. The second-order valence-electron chi connectivity index (χ2n) is 7.84. The molecule has 0 aromatic heterocycles. The van der Waals surface area contributed by atoms with E-state index in [0.29, 0.717) is 35.3 Å². The van der Waals surface area contributed by atoms with E-state index in [0.717, 1.165) is 30.2 Å². The van der Waals surface area contributed by atoms with E-state index in [2.05, 4.69) is 28.2 Å². The molecule has 158 valence electrons. The Morgan fingerprint density at radius 2 is 1.77 bits per heavy atom. The molecule has 1 saturated carbocycles. The quantitative estimate of drug-likeness (QED) is 0.485. The van der Waals surface area contributed by atoms with E-state index in [4.69, 9.17) is 4.74 Å². The molecule has 1 amide bonds. The van der Waals surface area contributed by atoms with Crippen molar-refractivity contribution >= 4 is 33.9 Å². The third-order valence-electron chi connectivity index (χ3n) is 5.37. The molecule has 2 N–H and O–H groups in total. The summed E-state index contributed by atoms with van der Waals surface area (Å²) in [6, 6.07) is 14.6. The van der Waals surface area contributed by atoms with Gasteiger partial charge >= 0.3 is 5.97 Å². The number of amides is 1. The van der Waals surface area contributed by atoms with E-state index in [1.54, 1.807) is 24.3 Å². The number of carboxylic acid groups (broad SMARTS) is 1. The highest BCUT2D eigenvalue weighted by Crippen LogP contribution is 2.31. The van der Waals surface area contributed by atoms with Crippen LogP contribution in [-0.4, -0.2) is 17.0 Å². The van der Waals surface area contributed by atoms with Gasteiger partial charge in [0, 0.05) is 6.42 Å². The Labute approximate surface area is 185 Å². The van der Waals surface area contributed by atoms with E-state index in [1.165, 1.54) is 6.08 Å². The maximum atomic E-state index is 12.3. The Hall–Kier alpha value is -2.60. The van der Waals surface area contributed by atoms with E-state index in [9.17, 15) is 14.7 Å². The maximum Gasteiger partial charge on any atom is 0.352 e. The number of carbonyl (C=O) groups excluding carboxylic acids is 1. The maximum absolute atomic E-state index is 12.3. The number of rotatable bonds is 7. The second-order valence-corrected chi connectivity index (χ2v) is 8.70. The standard InChI is InChI=1S/C24H26BrNO4/c1-16-6-8-18(9-7-16)15-23(27)26-21(24(28)29)14-17-10-12-19(13-11-17)30-22-5-3-2-4-20(22)25/h2-5,10-14,16,18H,6-9,15H2,1H3,(H,26,27)(H,28,29)/b21-14-. The average Bonchev–Trinajstić information content (AvgIpc) is 2.72. The molecule has 6 heteroatoms. The number of hydrogen-bond donors (Lipinski definition) is 2. The van der Waals surface area contributed by atoms with Crippen LogP contribution in [0.1, 0.15) is 44.6 Å². The lowest BCUT2D eigenvalue weighted by molar-refractivity contribution is -0.134. The van der Waals surface area contributed by atoms with Crippen LogP contribution in [0.3, 0.4) is 0 Å². The molecule has 5 nitrogen and oxygen atoms in total. The van der Waals surface area contributed by atoms with Crippen molar-refractivity contribution in [1.82, 2.24) is 5.32 Å². The molecule has 30 heavy (non-hydrogen) atoms. The number of carboxylic acids is 1. The highest BCUT2D eigenvalue weighted by atomic mass is 79.9. The fraction of sp³-hybridized carbons (Fsp3) is 0.333. The number of aliphatic carboxylic acids is 1. The average molecular weight is 472 g/mol. The lowest BCUT2D eigenvalue weighted by Gasteiger charge is -2.25. The fourth-order valence-electron chi connectivity index (χ4n) is 3.60. The third kappa shape index (κ3) is 6.46. The molecule has 0 saturated heterocycles. The summed E-state index contributed by atoms with van der Waals surface area (Å²) in [7, 11) is 0. The minimum absolute atomic E-state index is 0.122. The van der Waals surface area contributed by atoms with Crippen LogP contribution < -0.4 is 10.1 Å². The monoisotopic (exact) mass is 471 g/mol. The zero-order valence-electron chi connectivity index (χ0n) is 16.9. The van der Waals surface area contributed by atoms with Crippen LogP contribution in [0.5, 0.6) is 11.5 Å². The van der Waals surface area contributed by atoms with Crippen LogP contribution in [-0.2, 0) is 9.59 Å². The Balaban J connectivity index is 1.62. The molecule has 3 rings (SSSR count). The first kappa shape index (κ1) is 22.1. The van der Waals surface area contributed by atoms with Crippen molar-refractivity contribution in [2.75, 3.05) is 0 Å². The molecule has 2 aromatic carbocycles. The highest BCUT2D eigenvalue weighted by Gasteiger charge is 2.22. The van der Waals surface area contributed by atoms with Crippen molar-refractivity contribution in [1.29, 1.82) is 0 Å². The zero-order valence-corrected chi connectivity index (χ0v) is 18.5. The van der Waals surface area contributed by atoms with Gasteiger partial charge in [0.15, 0.2) is 0 Å². The van der Waals surface area contributed by atoms with Crippen LogP contribution in [0.2, 0.25) is 0 Å². The van der Waals surface area contributed by atoms with E-state index in [1.807, 2.05) is 24.3 Å². The summed E-state index contributed by atoms with van der Waals surface area (Å²) in [5, 5.41) is 12.1. The fourth-order valence-corrected chi connectivity index (χ4v) is 3.97. The number of ether oxygens (including phenoxy) is 1. The van der Waals surface area contributed by atoms with Crippen molar-refractivity contribution < 1.29 is 19.4 Å². The van der Waals surface area contributed by atoms with Gasteiger partial charge in [0.05, 0.1) is 4.47 Å². The van der Waals surface area contributed by atoms with Crippen LogP contribution in [0.4, 0.5) is 0 Å². The van der Waals surface area contributed by atoms with Gasteiger partial charge in [-0.25, -0.2) is 4.79 Å². The van der Waals surface area contributed by atoms with Crippen molar-refractivity contribution in [2.45, 2.75) is 39.0 Å². The van der Waals surface area contributed by atoms with Crippen molar-refractivity contribution in [3.63, 3.8) is 0 Å². The Morgan fingerprint density at radius 3 is 2.40 bits per heavy atom. The predicted molar refractivity (Wildman–Crippen MR) is 120 cm³/mol. The molecule has 0 spiro atoms. The summed E-state index contributed by atoms with van der Waals surface area (Å²) >= 11 is 3.44. The van der Waals surface area contributed by atoms with Crippen LogP contribution in [0.25, 0.3) is 6.08 Å². The number of hydrogen-bond acceptors (Lipinski definition) is 3. The Bertz CT molecular complexity index is 915. The van der Waals surface area contributed by atoms with Crippen molar-refractivity contribution in [2.24, 2.45) is 11.8 Å². The normalized spacial score (nSPS) is 19.2. The molecule has 0 bridgehead atoms. The summed E-state index contributed by atoms with van der Waals surface area (Å²) in [6.45, 7) is 2.23. The lowest BCUT2D eigenvalue weighted by Crippen LogP contribution is -2.29. The first-order valence-electron chi connectivity index (χ1n) is 10.2. The highest BCUT2D eigenvalue weighted by molar-refractivity contribution is 9.10. The summed E-state index contributed by atoms with van der Waals surface area (Å²) in [5.41, 5.74) is 0.544. The molecule has 0 heterocycles. The summed E-state index contributed by atoms with van der Waals surface area (Å²) in [5.74, 6) is 0.979. The van der Waals surface area contributed by atoms with Crippen LogP contribution >= 0.6 is 15.9 Å². The van der Waals surface area contributed by atoms with E-state index < -0.39 is 5.97 Å². The Kier molecular flexibility index (Phi) is 7.69. The molecule has 0 radical (unpaired) electrons. The van der Waals surface area contributed by atoms with E-state index in [-0.39, 0.29) is 11.6 Å². The molecule has 2 aromatic rings. The largest absolute Gasteiger partial charge is 0.477 e. The molecule has 1 aliphatic rings. The third-order valence-corrected chi connectivity index (χ3v) is 6.02. The number of halogens is 1. The minimum atomic E-state index is -1.16. The van der Waals surface area contributed by atoms with Crippen molar-refractivity contribution in [3.8, 4) is 11.5 Å². The molecule has 0 unspecified atom stereocenters. The molecule has 1 aliphatic carbocycles. The van der Waals surface area contributed by atoms with Crippen LogP contribution in [0.15, 0.2) is 58.7 Å². The zero-order chi connectivity index (χ0) is 21.5. The van der Waals surface area contributed by atoms with Gasteiger partial charge in [0.25, 0.3) is 0 Å². The first-order chi connectivity index (χ1) is 14.4.